The summed E-state index contributed by atoms with van der Waals surface area (Å²) in [6.07, 6.45) is 4.16. The van der Waals surface area contributed by atoms with Gasteiger partial charge in [0.1, 0.15) is 5.82 Å². The summed E-state index contributed by atoms with van der Waals surface area (Å²) in [6, 6.07) is 6.08. The molecular weight excluding hydrogens is 492 g/mol. The summed E-state index contributed by atoms with van der Waals surface area (Å²) < 4.78 is 13.0. The molecular formula is C19H27FIN5OS. The van der Waals surface area contributed by atoms with Crippen molar-refractivity contribution in [1.29, 1.82) is 0 Å². The van der Waals surface area contributed by atoms with E-state index in [0.717, 1.165) is 23.4 Å². The summed E-state index contributed by atoms with van der Waals surface area (Å²) in [5.74, 6) is -0.520. The molecule has 0 bridgehead atoms. The molecule has 0 fully saturated rings. The van der Waals surface area contributed by atoms with Crippen LogP contribution in [0.4, 0.5) is 4.39 Å². The van der Waals surface area contributed by atoms with Crippen LogP contribution >= 0.6 is 35.3 Å². The van der Waals surface area contributed by atoms with Crippen molar-refractivity contribution < 1.29 is 9.18 Å². The SMILES string of the molecule is CCc1cnc(CCNC(=NC)NCC(Cc2ccc(F)cc2)C(N)=O)s1.I. The Morgan fingerprint density at radius 2 is 2.04 bits per heavy atom. The molecule has 0 saturated carbocycles. The predicted octanol–water partition coefficient (Wildman–Crippen LogP) is 2.51. The highest BCUT2D eigenvalue weighted by molar-refractivity contribution is 14.0. The van der Waals surface area contributed by atoms with Crippen molar-refractivity contribution in [2.24, 2.45) is 16.6 Å². The van der Waals surface area contributed by atoms with Crippen LogP contribution in [0, 0.1) is 11.7 Å². The third-order valence-corrected chi connectivity index (χ3v) is 5.32. The van der Waals surface area contributed by atoms with Gasteiger partial charge in [-0.15, -0.1) is 35.3 Å². The van der Waals surface area contributed by atoms with Gasteiger partial charge in [-0.25, -0.2) is 9.37 Å². The summed E-state index contributed by atoms with van der Waals surface area (Å²) in [6.45, 7) is 3.15. The van der Waals surface area contributed by atoms with Crippen LogP contribution in [0.2, 0.25) is 0 Å². The number of aryl methyl sites for hydroxylation is 1. The normalized spacial score (nSPS) is 12.2. The van der Waals surface area contributed by atoms with E-state index in [1.54, 1.807) is 30.5 Å². The van der Waals surface area contributed by atoms with E-state index in [9.17, 15) is 9.18 Å². The number of thiazole rings is 1. The van der Waals surface area contributed by atoms with Gasteiger partial charge in [0.2, 0.25) is 5.91 Å². The Balaban J connectivity index is 0.00000392. The number of rotatable bonds is 9. The molecule has 0 radical (unpaired) electrons. The molecule has 1 unspecified atom stereocenters. The number of amides is 1. The molecule has 6 nitrogen and oxygen atoms in total. The van der Waals surface area contributed by atoms with Crippen LogP contribution in [0.25, 0.3) is 0 Å². The van der Waals surface area contributed by atoms with Crippen molar-refractivity contribution in [1.82, 2.24) is 15.6 Å². The van der Waals surface area contributed by atoms with Crippen molar-refractivity contribution in [3.05, 3.63) is 51.7 Å². The molecule has 0 saturated heterocycles. The number of aliphatic imine (C=N–C) groups is 1. The van der Waals surface area contributed by atoms with Crippen LogP contribution < -0.4 is 16.4 Å². The second-order valence-electron chi connectivity index (χ2n) is 6.13. The zero-order chi connectivity index (χ0) is 19.6. The molecule has 1 aromatic heterocycles. The maximum absolute atomic E-state index is 13.0. The lowest BCUT2D eigenvalue weighted by molar-refractivity contribution is -0.121. The number of nitrogens with one attached hydrogen (secondary N) is 2. The number of carbonyl (C=O) groups excluding carboxylic acids is 1. The Morgan fingerprint density at radius 1 is 1.32 bits per heavy atom. The predicted molar refractivity (Wildman–Crippen MR) is 123 cm³/mol. The number of primary amides is 1. The van der Waals surface area contributed by atoms with Crippen LogP contribution in [0.5, 0.6) is 0 Å². The molecule has 0 aliphatic heterocycles. The fourth-order valence-electron chi connectivity index (χ4n) is 2.53. The Kier molecular flexibility index (Phi) is 11.0. The molecule has 1 aromatic carbocycles. The van der Waals surface area contributed by atoms with Gasteiger partial charge in [-0.1, -0.05) is 19.1 Å². The first-order valence-electron chi connectivity index (χ1n) is 8.93. The van der Waals surface area contributed by atoms with Crippen LogP contribution in [0.15, 0.2) is 35.5 Å². The van der Waals surface area contributed by atoms with Gasteiger partial charge in [0.15, 0.2) is 5.96 Å². The summed E-state index contributed by atoms with van der Waals surface area (Å²) >= 11 is 1.72. The van der Waals surface area contributed by atoms with E-state index in [4.69, 9.17) is 5.73 Å². The average Bonchev–Trinajstić information content (AvgIpc) is 3.12. The van der Waals surface area contributed by atoms with E-state index in [-0.39, 0.29) is 29.8 Å². The standard InChI is InChI=1S/C19H26FN5OS.HI/c1-3-16-12-24-17(27-16)8-9-23-19(22-2)25-11-14(18(21)26)10-13-4-6-15(20)7-5-13;/h4-7,12,14H,3,8-11H2,1-2H3,(H2,21,26)(H2,22,23,25);1H. The molecule has 2 aromatic rings. The highest BCUT2D eigenvalue weighted by Crippen LogP contribution is 2.13. The van der Waals surface area contributed by atoms with Gasteiger partial charge >= 0.3 is 0 Å². The molecule has 0 aliphatic rings. The molecule has 1 heterocycles. The monoisotopic (exact) mass is 519 g/mol. The zero-order valence-corrected chi connectivity index (χ0v) is 19.2. The molecule has 2 rings (SSSR count). The van der Waals surface area contributed by atoms with Crippen molar-refractivity contribution in [2.45, 2.75) is 26.2 Å². The summed E-state index contributed by atoms with van der Waals surface area (Å²) in [4.78, 5) is 21.6. The lowest BCUT2D eigenvalue weighted by Gasteiger charge is -2.17. The lowest BCUT2D eigenvalue weighted by Crippen LogP contribution is -2.43. The molecule has 1 amide bonds. The van der Waals surface area contributed by atoms with Gasteiger partial charge in [-0.3, -0.25) is 9.79 Å². The molecule has 154 valence electrons. The number of halogens is 2. The molecule has 0 spiro atoms. The van der Waals surface area contributed by atoms with Crippen LogP contribution in [-0.4, -0.2) is 37.0 Å². The van der Waals surface area contributed by atoms with Gasteiger partial charge in [0.05, 0.1) is 10.9 Å². The first-order valence-corrected chi connectivity index (χ1v) is 9.75. The maximum Gasteiger partial charge on any atom is 0.222 e. The quantitative estimate of drug-likeness (QED) is 0.270. The Labute approximate surface area is 186 Å². The topological polar surface area (TPSA) is 92.4 Å². The van der Waals surface area contributed by atoms with E-state index in [1.165, 1.54) is 17.0 Å². The van der Waals surface area contributed by atoms with E-state index >= 15 is 0 Å². The number of carbonyl (C=O) groups is 1. The first kappa shape index (κ1) is 24.3. The van der Waals surface area contributed by atoms with E-state index in [0.29, 0.717) is 25.5 Å². The lowest BCUT2D eigenvalue weighted by atomic mass is 9.98. The van der Waals surface area contributed by atoms with Gasteiger partial charge in [0.25, 0.3) is 0 Å². The van der Waals surface area contributed by atoms with Crippen LogP contribution in [-0.2, 0) is 24.1 Å². The number of aromatic nitrogens is 1. The Hall–Kier alpha value is -1.75. The van der Waals surface area contributed by atoms with Gasteiger partial charge in [-0.2, -0.15) is 0 Å². The van der Waals surface area contributed by atoms with Crippen LogP contribution in [0.1, 0.15) is 22.4 Å². The van der Waals surface area contributed by atoms with E-state index in [1.807, 2.05) is 6.20 Å². The van der Waals surface area contributed by atoms with Crippen molar-refractivity contribution in [2.75, 3.05) is 20.1 Å². The minimum absolute atomic E-state index is 0. The molecule has 1 atom stereocenters. The minimum Gasteiger partial charge on any atom is -0.369 e. The number of hydrogen-bond acceptors (Lipinski definition) is 4. The second kappa shape index (κ2) is 12.7. The van der Waals surface area contributed by atoms with E-state index in [2.05, 4.69) is 27.5 Å². The van der Waals surface area contributed by atoms with E-state index < -0.39 is 11.8 Å². The summed E-state index contributed by atoms with van der Waals surface area (Å²) in [7, 11) is 1.67. The highest BCUT2D eigenvalue weighted by Gasteiger charge is 2.16. The Bertz CT molecular complexity index is 766. The fraction of sp³-hybridized carbons (Fsp3) is 0.421. The van der Waals surface area contributed by atoms with Crippen LogP contribution in [0.3, 0.4) is 0 Å². The summed E-state index contributed by atoms with van der Waals surface area (Å²) in [5.41, 5.74) is 6.38. The number of nitrogens with zero attached hydrogens (tertiary/aromatic N) is 2. The molecule has 28 heavy (non-hydrogen) atoms. The molecule has 0 aliphatic carbocycles. The fourth-order valence-corrected chi connectivity index (χ4v) is 3.40. The third-order valence-electron chi connectivity index (χ3n) is 4.12. The number of benzene rings is 1. The maximum atomic E-state index is 13.0. The molecule has 4 N–H and O–H groups in total. The largest absolute Gasteiger partial charge is 0.369 e. The van der Waals surface area contributed by atoms with Crippen molar-refractivity contribution >= 4 is 47.2 Å². The highest BCUT2D eigenvalue weighted by atomic mass is 127. The smallest absolute Gasteiger partial charge is 0.222 e. The number of nitrogens with two attached hydrogens (primary N) is 1. The first-order chi connectivity index (χ1) is 13.0. The van der Waals surface area contributed by atoms with Crippen molar-refractivity contribution in [3.8, 4) is 0 Å². The number of guanidine groups is 1. The average molecular weight is 519 g/mol. The second-order valence-corrected chi connectivity index (χ2v) is 7.33. The summed E-state index contributed by atoms with van der Waals surface area (Å²) in [5, 5.41) is 7.43. The minimum atomic E-state index is -0.417. The zero-order valence-electron chi connectivity index (χ0n) is 16.1. The Morgan fingerprint density at radius 3 is 2.61 bits per heavy atom. The van der Waals surface area contributed by atoms with Gasteiger partial charge < -0.3 is 16.4 Å². The van der Waals surface area contributed by atoms with Crippen molar-refractivity contribution in [3.63, 3.8) is 0 Å². The van der Waals surface area contributed by atoms with Gasteiger partial charge in [-0.05, 0) is 30.5 Å². The third kappa shape index (κ3) is 8.09. The number of hydrogen-bond donors (Lipinski definition) is 3. The molecule has 9 heteroatoms. The van der Waals surface area contributed by atoms with Gasteiger partial charge in [0, 0.05) is 37.6 Å².